The third-order valence-electron chi connectivity index (χ3n) is 3.73. The number of nitrogens with one attached hydrogen (secondary N) is 2. The molecule has 0 aromatic heterocycles. The highest BCUT2D eigenvalue weighted by Gasteiger charge is 2.29. The lowest BCUT2D eigenvalue weighted by Crippen LogP contribution is -2.22. The van der Waals surface area contributed by atoms with E-state index < -0.39 is 0 Å². The summed E-state index contributed by atoms with van der Waals surface area (Å²) in [4.78, 5) is 23.8. The molecule has 1 fully saturated rings. The van der Waals surface area contributed by atoms with E-state index >= 15 is 0 Å². The average molecular weight is 329 g/mol. The topological polar surface area (TPSA) is 58.2 Å². The van der Waals surface area contributed by atoms with Crippen LogP contribution in [0.1, 0.15) is 28.8 Å². The second kappa shape index (κ2) is 6.84. The monoisotopic (exact) mass is 328 g/mol. The zero-order chi connectivity index (χ0) is 16.2. The molecule has 118 valence electrons. The summed E-state index contributed by atoms with van der Waals surface area (Å²) in [7, 11) is 0. The number of hydrogen-bond donors (Lipinski definition) is 2. The predicted molar refractivity (Wildman–Crippen MR) is 90.4 cm³/mol. The van der Waals surface area contributed by atoms with Gasteiger partial charge in [0.05, 0.1) is 0 Å². The Morgan fingerprint density at radius 1 is 1.00 bits per heavy atom. The molecule has 3 rings (SSSR count). The Morgan fingerprint density at radius 2 is 1.65 bits per heavy atom. The minimum atomic E-state index is -0.153. The van der Waals surface area contributed by atoms with Crippen molar-refractivity contribution in [2.75, 3.05) is 5.32 Å². The van der Waals surface area contributed by atoms with E-state index in [1.54, 1.807) is 36.4 Å². The quantitative estimate of drug-likeness (QED) is 0.880. The first kappa shape index (κ1) is 15.6. The molecule has 2 N–H and O–H groups in total. The number of hydrogen-bond acceptors (Lipinski definition) is 2. The summed E-state index contributed by atoms with van der Waals surface area (Å²) in [6, 6.07) is 14.2. The molecule has 0 spiro atoms. The van der Waals surface area contributed by atoms with Crippen LogP contribution < -0.4 is 10.6 Å². The fourth-order valence-corrected chi connectivity index (χ4v) is 2.31. The smallest absolute Gasteiger partial charge is 0.251 e. The predicted octanol–water partition coefficient (Wildman–Crippen LogP) is 3.62. The van der Waals surface area contributed by atoms with E-state index in [1.165, 1.54) is 0 Å². The number of anilines is 1. The van der Waals surface area contributed by atoms with Gasteiger partial charge in [0.2, 0.25) is 5.91 Å². The zero-order valence-electron chi connectivity index (χ0n) is 12.5. The number of rotatable bonds is 5. The summed E-state index contributed by atoms with van der Waals surface area (Å²) >= 11 is 5.83. The fourth-order valence-electron chi connectivity index (χ4n) is 2.18. The van der Waals surface area contributed by atoms with Crippen LogP contribution in [0.4, 0.5) is 5.69 Å². The molecule has 5 heteroatoms. The number of carbonyl (C=O) groups is 2. The molecule has 4 nitrogen and oxygen atoms in total. The molecule has 2 amide bonds. The molecule has 2 aromatic rings. The third-order valence-corrected chi connectivity index (χ3v) is 3.98. The molecule has 0 bridgehead atoms. The fraction of sp³-hybridized carbons (Fsp3) is 0.222. The Labute approximate surface area is 139 Å². The van der Waals surface area contributed by atoms with Gasteiger partial charge in [-0.1, -0.05) is 23.7 Å². The second-order valence-electron chi connectivity index (χ2n) is 5.65. The van der Waals surface area contributed by atoms with Crippen molar-refractivity contribution < 1.29 is 9.59 Å². The first-order valence-electron chi connectivity index (χ1n) is 7.55. The minimum absolute atomic E-state index is 0.0601. The van der Waals surface area contributed by atoms with Crippen LogP contribution in [-0.4, -0.2) is 11.8 Å². The first-order valence-corrected chi connectivity index (χ1v) is 7.93. The van der Waals surface area contributed by atoms with Crippen molar-refractivity contribution in [1.82, 2.24) is 5.32 Å². The number of carbonyl (C=O) groups excluding carboxylic acids is 2. The summed E-state index contributed by atoms with van der Waals surface area (Å²) in [5, 5.41) is 6.37. The van der Waals surface area contributed by atoms with Crippen molar-refractivity contribution >= 4 is 29.1 Å². The highest BCUT2D eigenvalue weighted by molar-refractivity contribution is 6.30. The van der Waals surface area contributed by atoms with Crippen molar-refractivity contribution in [1.29, 1.82) is 0 Å². The van der Waals surface area contributed by atoms with Gasteiger partial charge in [0.25, 0.3) is 5.91 Å². The Bertz CT molecular complexity index is 707. The maximum atomic E-state index is 12.1. The third kappa shape index (κ3) is 4.33. The van der Waals surface area contributed by atoms with Crippen LogP contribution >= 0.6 is 11.6 Å². The van der Waals surface area contributed by atoms with E-state index in [9.17, 15) is 9.59 Å². The van der Waals surface area contributed by atoms with Crippen LogP contribution in [0, 0.1) is 5.92 Å². The lowest BCUT2D eigenvalue weighted by atomic mass is 10.1. The van der Waals surface area contributed by atoms with E-state index in [2.05, 4.69) is 10.6 Å². The van der Waals surface area contributed by atoms with E-state index in [1.807, 2.05) is 12.1 Å². The molecule has 0 unspecified atom stereocenters. The molecular formula is C18H17ClN2O2. The molecule has 0 heterocycles. The maximum absolute atomic E-state index is 12.1. The van der Waals surface area contributed by atoms with E-state index in [-0.39, 0.29) is 17.7 Å². The standard InChI is InChI=1S/C18H17ClN2O2/c19-15-7-1-12(2-8-15)11-20-17(22)13-5-9-16(10-6-13)21-18(23)14-3-4-14/h1-2,5-10,14H,3-4,11H2,(H,20,22)(H,21,23). The zero-order valence-corrected chi connectivity index (χ0v) is 13.3. The van der Waals surface area contributed by atoms with Crippen LogP contribution in [0.2, 0.25) is 5.02 Å². The highest BCUT2D eigenvalue weighted by atomic mass is 35.5. The van der Waals surface area contributed by atoms with Crippen molar-refractivity contribution in [3.8, 4) is 0 Å². The van der Waals surface area contributed by atoms with Gasteiger partial charge >= 0.3 is 0 Å². The highest BCUT2D eigenvalue weighted by Crippen LogP contribution is 2.30. The molecule has 0 radical (unpaired) electrons. The van der Waals surface area contributed by atoms with Crippen molar-refractivity contribution in [2.24, 2.45) is 5.92 Å². The molecular weight excluding hydrogens is 312 g/mol. The Kier molecular flexibility index (Phi) is 4.63. The van der Waals surface area contributed by atoms with Gasteiger partial charge in [-0.2, -0.15) is 0 Å². The summed E-state index contributed by atoms with van der Waals surface area (Å²) in [5.74, 6) is 0.0716. The summed E-state index contributed by atoms with van der Waals surface area (Å²) < 4.78 is 0. The van der Waals surface area contributed by atoms with E-state index in [0.29, 0.717) is 17.1 Å². The van der Waals surface area contributed by atoms with Crippen molar-refractivity contribution in [3.05, 3.63) is 64.7 Å². The van der Waals surface area contributed by atoms with Crippen LogP contribution in [0.5, 0.6) is 0 Å². The van der Waals surface area contributed by atoms with Gasteiger partial charge in [0.15, 0.2) is 0 Å². The van der Waals surface area contributed by atoms with Crippen LogP contribution in [0.25, 0.3) is 0 Å². The van der Waals surface area contributed by atoms with E-state index in [0.717, 1.165) is 24.1 Å². The molecule has 1 aliphatic carbocycles. The largest absolute Gasteiger partial charge is 0.348 e. The van der Waals surface area contributed by atoms with Gasteiger partial charge < -0.3 is 10.6 Å². The summed E-state index contributed by atoms with van der Waals surface area (Å²) in [6.07, 6.45) is 1.94. The summed E-state index contributed by atoms with van der Waals surface area (Å²) in [6.45, 7) is 0.441. The van der Waals surface area contributed by atoms with Gasteiger partial charge in [-0.3, -0.25) is 9.59 Å². The van der Waals surface area contributed by atoms with Crippen LogP contribution in [-0.2, 0) is 11.3 Å². The van der Waals surface area contributed by atoms with Gasteiger partial charge in [0.1, 0.15) is 0 Å². The number of amides is 2. The second-order valence-corrected chi connectivity index (χ2v) is 6.09. The summed E-state index contributed by atoms with van der Waals surface area (Å²) in [5.41, 5.74) is 2.26. The Morgan fingerprint density at radius 3 is 2.26 bits per heavy atom. The SMILES string of the molecule is O=C(NCc1ccc(Cl)cc1)c1ccc(NC(=O)C2CC2)cc1. The van der Waals surface area contributed by atoms with Gasteiger partial charge in [-0.25, -0.2) is 0 Å². The normalized spacial score (nSPS) is 13.4. The van der Waals surface area contributed by atoms with Gasteiger partial charge in [-0.15, -0.1) is 0 Å². The Balaban J connectivity index is 1.54. The van der Waals surface area contributed by atoms with Gasteiger partial charge in [-0.05, 0) is 54.8 Å². The first-order chi connectivity index (χ1) is 11.1. The molecule has 1 saturated carbocycles. The number of halogens is 1. The lowest BCUT2D eigenvalue weighted by molar-refractivity contribution is -0.117. The molecule has 0 atom stereocenters. The van der Waals surface area contributed by atoms with Gasteiger partial charge in [0, 0.05) is 28.7 Å². The number of benzene rings is 2. The van der Waals surface area contributed by atoms with Crippen molar-refractivity contribution in [2.45, 2.75) is 19.4 Å². The minimum Gasteiger partial charge on any atom is -0.348 e. The maximum Gasteiger partial charge on any atom is 0.251 e. The van der Waals surface area contributed by atoms with E-state index in [4.69, 9.17) is 11.6 Å². The van der Waals surface area contributed by atoms with Crippen LogP contribution in [0.15, 0.2) is 48.5 Å². The average Bonchev–Trinajstić information content (AvgIpc) is 3.40. The Hall–Kier alpha value is -2.33. The van der Waals surface area contributed by atoms with Crippen molar-refractivity contribution in [3.63, 3.8) is 0 Å². The molecule has 0 aliphatic heterocycles. The molecule has 2 aromatic carbocycles. The molecule has 23 heavy (non-hydrogen) atoms. The molecule has 1 aliphatic rings. The molecule has 0 saturated heterocycles. The lowest BCUT2D eigenvalue weighted by Gasteiger charge is -2.07. The van der Waals surface area contributed by atoms with Crippen LogP contribution in [0.3, 0.4) is 0 Å².